The van der Waals surface area contributed by atoms with Gasteiger partial charge in [0, 0.05) is 31.2 Å². The van der Waals surface area contributed by atoms with Crippen molar-refractivity contribution in [1.29, 1.82) is 0 Å². The molecule has 0 heterocycles. The lowest BCUT2D eigenvalue weighted by Crippen LogP contribution is -2.31. The van der Waals surface area contributed by atoms with Crippen molar-refractivity contribution in [3.63, 3.8) is 0 Å². The van der Waals surface area contributed by atoms with Crippen LogP contribution in [0.25, 0.3) is 0 Å². The SMILES string of the molecule is C=CCN(Cc1ccc(OC)cc1)C(=O)c1ccc(CN(CC)C(C)C)cc1. The highest BCUT2D eigenvalue weighted by Gasteiger charge is 2.16. The number of hydrogen-bond donors (Lipinski definition) is 0. The van der Waals surface area contributed by atoms with Gasteiger partial charge in [-0.1, -0.05) is 37.3 Å². The summed E-state index contributed by atoms with van der Waals surface area (Å²) in [4.78, 5) is 17.2. The van der Waals surface area contributed by atoms with Crippen molar-refractivity contribution in [2.45, 2.75) is 39.9 Å². The van der Waals surface area contributed by atoms with Gasteiger partial charge < -0.3 is 9.64 Å². The summed E-state index contributed by atoms with van der Waals surface area (Å²) in [5.74, 6) is 0.821. The summed E-state index contributed by atoms with van der Waals surface area (Å²) < 4.78 is 5.20. The highest BCUT2D eigenvalue weighted by molar-refractivity contribution is 5.94. The molecule has 0 radical (unpaired) electrons. The second kappa shape index (κ2) is 10.7. The largest absolute Gasteiger partial charge is 0.497 e. The molecule has 4 nitrogen and oxygen atoms in total. The van der Waals surface area contributed by atoms with Gasteiger partial charge in [0.25, 0.3) is 5.91 Å². The number of carbonyl (C=O) groups is 1. The Balaban J connectivity index is 2.10. The van der Waals surface area contributed by atoms with Gasteiger partial charge in [-0.25, -0.2) is 0 Å². The van der Waals surface area contributed by atoms with Crippen molar-refractivity contribution >= 4 is 5.91 Å². The van der Waals surface area contributed by atoms with E-state index in [-0.39, 0.29) is 5.91 Å². The van der Waals surface area contributed by atoms with Crippen LogP contribution in [0.1, 0.15) is 42.3 Å². The van der Waals surface area contributed by atoms with Crippen LogP contribution in [0.2, 0.25) is 0 Å². The summed E-state index contributed by atoms with van der Waals surface area (Å²) in [6.45, 7) is 13.3. The summed E-state index contributed by atoms with van der Waals surface area (Å²) in [6.07, 6.45) is 1.76. The van der Waals surface area contributed by atoms with Crippen LogP contribution in [0.3, 0.4) is 0 Å². The van der Waals surface area contributed by atoms with E-state index in [4.69, 9.17) is 4.74 Å². The van der Waals surface area contributed by atoms with Crippen LogP contribution in [0.5, 0.6) is 5.75 Å². The highest BCUT2D eigenvalue weighted by atomic mass is 16.5. The Morgan fingerprint density at radius 1 is 1.04 bits per heavy atom. The van der Waals surface area contributed by atoms with Crippen LogP contribution in [-0.4, -0.2) is 41.9 Å². The fraction of sp³-hybridized carbons (Fsp3) is 0.375. The number of hydrogen-bond acceptors (Lipinski definition) is 3. The second-order valence-corrected chi connectivity index (χ2v) is 7.18. The molecule has 0 saturated carbocycles. The minimum Gasteiger partial charge on any atom is -0.497 e. The van der Waals surface area contributed by atoms with E-state index in [2.05, 4.69) is 44.4 Å². The van der Waals surface area contributed by atoms with Crippen LogP contribution >= 0.6 is 0 Å². The fourth-order valence-corrected chi connectivity index (χ4v) is 3.16. The van der Waals surface area contributed by atoms with E-state index in [0.717, 1.165) is 24.4 Å². The normalized spacial score (nSPS) is 10.9. The quantitative estimate of drug-likeness (QED) is 0.558. The molecule has 0 aliphatic carbocycles. The average molecular weight is 381 g/mol. The van der Waals surface area contributed by atoms with Crippen LogP contribution in [0.4, 0.5) is 0 Å². The molecule has 0 fully saturated rings. The van der Waals surface area contributed by atoms with Gasteiger partial charge in [0.1, 0.15) is 5.75 Å². The van der Waals surface area contributed by atoms with Crippen LogP contribution in [-0.2, 0) is 13.1 Å². The number of benzene rings is 2. The lowest BCUT2D eigenvalue weighted by atomic mass is 10.1. The van der Waals surface area contributed by atoms with E-state index < -0.39 is 0 Å². The molecular weight excluding hydrogens is 348 g/mol. The third-order valence-electron chi connectivity index (χ3n) is 4.89. The lowest BCUT2D eigenvalue weighted by Gasteiger charge is -2.25. The summed E-state index contributed by atoms with van der Waals surface area (Å²) in [5.41, 5.74) is 2.98. The maximum atomic E-state index is 13.0. The van der Waals surface area contributed by atoms with Gasteiger partial charge in [0.2, 0.25) is 0 Å². The molecule has 0 spiro atoms. The van der Waals surface area contributed by atoms with Crippen molar-refractivity contribution in [3.8, 4) is 5.75 Å². The third kappa shape index (κ3) is 5.96. The van der Waals surface area contributed by atoms with Gasteiger partial charge in [0.15, 0.2) is 0 Å². The zero-order chi connectivity index (χ0) is 20.5. The van der Waals surface area contributed by atoms with E-state index >= 15 is 0 Å². The summed E-state index contributed by atoms with van der Waals surface area (Å²) in [7, 11) is 1.65. The first-order valence-electron chi connectivity index (χ1n) is 9.84. The van der Waals surface area contributed by atoms with Crippen LogP contribution < -0.4 is 4.74 Å². The Kier molecular flexibility index (Phi) is 8.27. The van der Waals surface area contributed by atoms with E-state index in [9.17, 15) is 4.79 Å². The predicted octanol–water partition coefficient (Wildman–Crippen LogP) is 4.75. The first-order chi connectivity index (χ1) is 13.5. The van der Waals surface area contributed by atoms with Crippen molar-refractivity contribution in [2.24, 2.45) is 0 Å². The summed E-state index contributed by atoms with van der Waals surface area (Å²) >= 11 is 0. The highest BCUT2D eigenvalue weighted by Crippen LogP contribution is 2.16. The lowest BCUT2D eigenvalue weighted by molar-refractivity contribution is 0.0762. The van der Waals surface area contributed by atoms with Crippen LogP contribution in [0, 0.1) is 0 Å². The maximum Gasteiger partial charge on any atom is 0.254 e. The molecule has 0 aliphatic heterocycles. The van der Waals surface area contributed by atoms with Gasteiger partial charge >= 0.3 is 0 Å². The van der Waals surface area contributed by atoms with E-state index in [1.807, 2.05) is 36.4 Å². The number of rotatable bonds is 10. The fourth-order valence-electron chi connectivity index (χ4n) is 3.16. The van der Waals surface area contributed by atoms with Gasteiger partial charge in [-0.2, -0.15) is 0 Å². The molecule has 0 aromatic heterocycles. The molecule has 1 amide bonds. The molecule has 2 aromatic carbocycles. The Morgan fingerprint density at radius 3 is 2.11 bits per heavy atom. The minimum atomic E-state index is 0.0125. The Labute approximate surface area is 169 Å². The van der Waals surface area contributed by atoms with E-state index in [1.165, 1.54) is 5.56 Å². The molecule has 0 unspecified atom stereocenters. The smallest absolute Gasteiger partial charge is 0.254 e. The Morgan fingerprint density at radius 2 is 1.61 bits per heavy atom. The topological polar surface area (TPSA) is 32.8 Å². The molecule has 2 aromatic rings. The molecule has 4 heteroatoms. The Bertz CT molecular complexity index is 751. The molecule has 0 atom stereocenters. The molecular formula is C24H32N2O2. The predicted molar refractivity (Wildman–Crippen MR) is 116 cm³/mol. The zero-order valence-corrected chi connectivity index (χ0v) is 17.5. The van der Waals surface area contributed by atoms with Crippen LogP contribution in [0.15, 0.2) is 61.2 Å². The Hall–Kier alpha value is -2.59. The average Bonchev–Trinajstić information content (AvgIpc) is 2.72. The van der Waals surface area contributed by atoms with Crippen molar-refractivity contribution in [1.82, 2.24) is 9.80 Å². The monoisotopic (exact) mass is 380 g/mol. The third-order valence-corrected chi connectivity index (χ3v) is 4.89. The van der Waals surface area contributed by atoms with Gasteiger partial charge in [-0.3, -0.25) is 9.69 Å². The minimum absolute atomic E-state index is 0.0125. The van der Waals surface area contributed by atoms with Gasteiger partial charge in [0.05, 0.1) is 7.11 Å². The molecule has 0 aliphatic rings. The first kappa shape index (κ1) is 21.7. The molecule has 0 saturated heterocycles. The molecule has 150 valence electrons. The number of nitrogens with zero attached hydrogens (tertiary/aromatic N) is 2. The van der Waals surface area contributed by atoms with Crippen molar-refractivity contribution in [3.05, 3.63) is 77.9 Å². The molecule has 0 N–H and O–H groups in total. The number of methoxy groups -OCH3 is 1. The number of carbonyl (C=O) groups excluding carboxylic acids is 1. The molecule has 0 bridgehead atoms. The van der Waals surface area contributed by atoms with Gasteiger partial charge in [-0.05, 0) is 55.8 Å². The first-order valence-corrected chi connectivity index (χ1v) is 9.84. The summed E-state index contributed by atoms with van der Waals surface area (Å²) in [5, 5.41) is 0. The maximum absolute atomic E-state index is 13.0. The van der Waals surface area contributed by atoms with Crippen molar-refractivity contribution in [2.75, 3.05) is 20.2 Å². The standard InChI is InChI=1S/C24H32N2O2/c1-6-16-26(18-21-10-14-23(28-5)15-11-21)24(27)22-12-8-20(9-13-22)17-25(7-2)19(3)4/h6,8-15,19H,1,7,16-18H2,2-5H3. The number of amides is 1. The van der Waals surface area contributed by atoms with Gasteiger partial charge in [-0.15, -0.1) is 6.58 Å². The second-order valence-electron chi connectivity index (χ2n) is 7.18. The molecule has 2 rings (SSSR count). The summed E-state index contributed by atoms with van der Waals surface area (Å²) in [6, 6.07) is 16.2. The zero-order valence-electron chi connectivity index (χ0n) is 17.5. The number of ether oxygens (including phenoxy) is 1. The van der Waals surface area contributed by atoms with Crippen molar-refractivity contribution < 1.29 is 9.53 Å². The van der Waals surface area contributed by atoms with E-state index in [0.29, 0.717) is 24.7 Å². The van der Waals surface area contributed by atoms with E-state index in [1.54, 1.807) is 18.1 Å². The molecule has 28 heavy (non-hydrogen) atoms.